The van der Waals surface area contributed by atoms with Crippen molar-refractivity contribution in [3.05, 3.63) is 35.9 Å². The number of benzene rings is 1. The molecule has 114 valence electrons. The fourth-order valence-electron chi connectivity index (χ4n) is 3.79. The molecule has 1 aromatic carbocycles. The van der Waals surface area contributed by atoms with Crippen LogP contribution >= 0.6 is 0 Å². The topological polar surface area (TPSA) is 24.4 Å². The second-order valence-electron chi connectivity index (χ2n) is 6.55. The van der Waals surface area contributed by atoms with Gasteiger partial charge in [-0.05, 0) is 31.2 Å². The fourth-order valence-corrected chi connectivity index (χ4v) is 3.79. The Morgan fingerprint density at radius 3 is 2.57 bits per heavy atom. The summed E-state index contributed by atoms with van der Waals surface area (Å²) in [6.07, 6.45) is 11.8. The monoisotopic (exact) mass is 284 g/mol. The molecule has 0 bridgehead atoms. The molecule has 1 aliphatic heterocycles. The lowest BCUT2D eigenvalue weighted by Crippen LogP contribution is -2.38. The zero-order chi connectivity index (χ0) is 14.3. The molecule has 2 aliphatic rings. The molecule has 2 atom stereocenters. The van der Waals surface area contributed by atoms with E-state index in [1.165, 1.54) is 62.8 Å². The van der Waals surface area contributed by atoms with Crippen molar-refractivity contribution in [2.45, 2.75) is 69.7 Å². The van der Waals surface area contributed by atoms with Crippen molar-refractivity contribution < 1.29 is 0 Å². The lowest BCUT2D eigenvalue weighted by atomic mass is 9.87. The lowest BCUT2D eigenvalue weighted by Gasteiger charge is -2.28. The van der Waals surface area contributed by atoms with Crippen LogP contribution in [0.1, 0.15) is 69.3 Å². The van der Waals surface area contributed by atoms with E-state index in [0.717, 1.165) is 13.0 Å². The number of nitrogens with one attached hydrogen (secondary N) is 1. The maximum Gasteiger partial charge on any atom is 0.0965 e. The van der Waals surface area contributed by atoms with Crippen molar-refractivity contribution in [3.63, 3.8) is 0 Å². The summed E-state index contributed by atoms with van der Waals surface area (Å²) in [5.41, 5.74) is 1.51. The fraction of sp³-hybridized carbons (Fsp3) is 0.632. The molecule has 0 amide bonds. The minimum Gasteiger partial charge on any atom is -0.370 e. The summed E-state index contributed by atoms with van der Waals surface area (Å²) < 4.78 is 0. The maximum atomic E-state index is 4.78. The van der Waals surface area contributed by atoms with Crippen molar-refractivity contribution in [2.24, 2.45) is 4.99 Å². The average molecular weight is 284 g/mol. The molecule has 1 fully saturated rings. The molecular weight excluding hydrogens is 256 g/mol. The second-order valence-corrected chi connectivity index (χ2v) is 6.55. The van der Waals surface area contributed by atoms with E-state index in [1.807, 2.05) is 0 Å². The van der Waals surface area contributed by atoms with E-state index < -0.39 is 0 Å². The van der Waals surface area contributed by atoms with Gasteiger partial charge >= 0.3 is 0 Å². The van der Waals surface area contributed by atoms with E-state index in [4.69, 9.17) is 4.99 Å². The van der Waals surface area contributed by atoms with Crippen LogP contribution in [0.25, 0.3) is 0 Å². The van der Waals surface area contributed by atoms with Gasteiger partial charge in [0.25, 0.3) is 0 Å². The molecule has 1 saturated carbocycles. The molecule has 0 aromatic heterocycles. The van der Waals surface area contributed by atoms with Gasteiger partial charge < -0.3 is 5.32 Å². The van der Waals surface area contributed by atoms with Crippen LogP contribution in [0.3, 0.4) is 0 Å². The molecule has 0 radical (unpaired) electrons. The Morgan fingerprint density at radius 2 is 1.67 bits per heavy atom. The van der Waals surface area contributed by atoms with Gasteiger partial charge in [0, 0.05) is 24.9 Å². The Balaban J connectivity index is 1.74. The number of aliphatic imine (C=N–C) groups is 1. The highest BCUT2D eigenvalue weighted by Crippen LogP contribution is 2.32. The molecule has 1 N–H and O–H groups in total. The van der Waals surface area contributed by atoms with Gasteiger partial charge in [-0.2, -0.15) is 0 Å². The van der Waals surface area contributed by atoms with Gasteiger partial charge in [-0.25, -0.2) is 0 Å². The smallest absolute Gasteiger partial charge is 0.0965 e. The average Bonchev–Trinajstić information content (AvgIpc) is 2.91. The van der Waals surface area contributed by atoms with Crippen LogP contribution in [0.4, 0.5) is 0 Å². The van der Waals surface area contributed by atoms with Crippen LogP contribution in [0, 0.1) is 0 Å². The van der Waals surface area contributed by atoms with Crippen LogP contribution in [-0.4, -0.2) is 18.4 Å². The van der Waals surface area contributed by atoms with Crippen molar-refractivity contribution in [3.8, 4) is 0 Å². The Kier molecular flexibility index (Phi) is 5.31. The van der Waals surface area contributed by atoms with Crippen LogP contribution in [0.5, 0.6) is 0 Å². The minimum absolute atomic E-state index is 0.576. The molecule has 21 heavy (non-hydrogen) atoms. The quantitative estimate of drug-likeness (QED) is 0.784. The molecule has 1 heterocycles. The SMILES string of the molecule is c1ccc(C2CCCCCC2NC2=NCCCCC2)cc1. The Hall–Kier alpha value is -1.31. The van der Waals surface area contributed by atoms with Gasteiger partial charge in [-0.1, -0.05) is 56.0 Å². The summed E-state index contributed by atoms with van der Waals surface area (Å²) >= 11 is 0. The lowest BCUT2D eigenvalue weighted by molar-refractivity contribution is 0.462. The molecular formula is C19H28N2. The van der Waals surface area contributed by atoms with E-state index in [1.54, 1.807) is 0 Å². The first-order valence-corrected chi connectivity index (χ1v) is 8.78. The molecule has 2 heteroatoms. The van der Waals surface area contributed by atoms with Crippen LogP contribution in [-0.2, 0) is 0 Å². The third-order valence-electron chi connectivity index (χ3n) is 4.97. The van der Waals surface area contributed by atoms with Crippen molar-refractivity contribution in [1.29, 1.82) is 0 Å². The van der Waals surface area contributed by atoms with Gasteiger partial charge in [-0.3, -0.25) is 4.99 Å². The number of hydrogen-bond donors (Lipinski definition) is 1. The van der Waals surface area contributed by atoms with Crippen LogP contribution < -0.4 is 5.32 Å². The summed E-state index contributed by atoms with van der Waals surface area (Å²) in [4.78, 5) is 4.78. The number of rotatable bonds is 2. The third-order valence-corrected chi connectivity index (χ3v) is 4.97. The first kappa shape index (κ1) is 14.6. The predicted octanol–water partition coefficient (Wildman–Crippen LogP) is 4.67. The van der Waals surface area contributed by atoms with Gasteiger partial charge in [0.15, 0.2) is 0 Å². The van der Waals surface area contributed by atoms with E-state index >= 15 is 0 Å². The highest BCUT2D eigenvalue weighted by Gasteiger charge is 2.25. The maximum absolute atomic E-state index is 4.78. The minimum atomic E-state index is 0.576. The first-order chi connectivity index (χ1) is 10.4. The highest BCUT2D eigenvalue weighted by molar-refractivity contribution is 5.82. The number of amidine groups is 1. The highest BCUT2D eigenvalue weighted by atomic mass is 15.0. The summed E-state index contributed by atoms with van der Waals surface area (Å²) in [5, 5.41) is 3.84. The zero-order valence-electron chi connectivity index (χ0n) is 13.1. The van der Waals surface area contributed by atoms with Crippen molar-refractivity contribution in [1.82, 2.24) is 5.32 Å². The zero-order valence-corrected chi connectivity index (χ0v) is 13.1. The normalized spacial score (nSPS) is 27.3. The van der Waals surface area contributed by atoms with E-state index in [0.29, 0.717) is 12.0 Å². The number of hydrogen-bond acceptors (Lipinski definition) is 2. The number of nitrogens with zero attached hydrogens (tertiary/aromatic N) is 1. The van der Waals surface area contributed by atoms with Crippen molar-refractivity contribution in [2.75, 3.05) is 6.54 Å². The molecule has 1 aliphatic carbocycles. The Bertz CT molecular complexity index is 452. The summed E-state index contributed by atoms with van der Waals surface area (Å²) in [6.45, 7) is 1.02. The molecule has 2 unspecified atom stereocenters. The van der Waals surface area contributed by atoms with E-state index in [2.05, 4.69) is 35.6 Å². The van der Waals surface area contributed by atoms with Crippen LogP contribution in [0.15, 0.2) is 35.3 Å². The van der Waals surface area contributed by atoms with Crippen LogP contribution in [0.2, 0.25) is 0 Å². The summed E-state index contributed by atoms with van der Waals surface area (Å²) in [6, 6.07) is 11.7. The first-order valence-electron chi connectivity index (χ1n) is 8.78. The van der Waals surface area contributed by atoms with Crippen molar-refractivity contribution >= 4 is 5.84 Å². The summed E-state index contributed by atoms with van der Waals surface area (Å²) in [5.74, 6) is 1.93. The third kappa shape index (κ3) is 4.09. The molecule has 1 aromatic rings. The molecule has 0 saturated heterocycles. The largest absolute Gasteiger partial charge is 0.370 e. The van der Waals surface area contributed by atoms with Gasteiger partial charge in [-0.15, -0.1) is 0 Å². The van der Waals surface area contributed by atoms with Gasteiger partial charge in [0.1, 0.15) is 0 Å². The Morgan fingerprint density at radius 1 is 0.857 bits per heavy atom. The van der Waals surface area contributed by atoms with E-state index in [9.17, 15) is 0 Å². The summed E-state index contributed by atoms with van der Waals surface area (Å²) in [7, 11) is 0. The molecule has 2 nitrogen and oxygen atoms in total. The van der Waals surface area contributed by atoms with Gasteiger partial charge in [0.05, 0.1) is 5.84 Å². The second kappa shape index (κ2) is 7.63. The van der Waals surface area contributed by atoms with E-state index in [-0.39, 0.29) is 0 Å². The van der Waals surface area contributed by atoms with Gasteiger partial charge in [0.2, 0.25) is 0 Å². The predicted molar refractivity (Wildman–Crippen MR) is 90.0 cm³/mol. The molecule has 3 rings (SSSR count). The standard InChI is InChI=1S/C19H28N2/c1-4-10-16(11-5-1)17-12-6-2-7-13-18(17)21-19-14-8-3-9-15-20-19/h1,4-5,10-11,17-18H,2-3,6-9,12-15H2,(H,20,21). The molecule has 0 spiro atoms. The Labute approximate surface area is 129 Å².